The number of hydrogen-bond acceptors (Lipinski definition) is 5. The molecular formula is C12H15N3O4S. The summed E-state index contributed by atoms with van der Waals surface area (Å²) in [6.45, 7) is 1.43. The van der Waals surface area contributed by atoms with Gasteiger partial charge in [0, 0.05) is 22.8 Å². The van der Waals surface area contributed by atoms with E-state index in [0.29, 0.717) is 16.6 Å². The number of fused-ring (bicyclic) bond motifs is 1. The van der Waals surface area contributed by atoms with Crippen molar-refractivity contribution in [2.45, 2.75) is 11.8 Å². The number of aromatic nitrogens is 1. The number of aromatic amines is 1. The maximum Gasteiger partial charge on any atom is 0.321 e. The van der Waals surface area contributed by atoms with Crippen molar-refractivity contribution < 1.29 is 17.9 Å². The average Bonchev–Trinajstić information content (AvgIpc) is 2.80. The summed E-state index contributed by atoms with van der Waals surface area (Å²) < 4.78 is 31.2. The number of H-pyrrole nitrogens is 1. The van der Waals surface area contributed by atoms with E-state index in [9.17, 15) is 13.2 Å². The lowest BCUT2D eigenvalue weighted by atomic mass is 10.2. The SMILES string of the molecule is CCOC(=O)CNS(=O)(=O)c1c[nH]c2ccc(N)cc12. The van der Waals surface area contributed by atoms with Crippen molar-refractivity contribution in [1.29, 1.82) is 0 Å². The third-order valence-electron chi connectivity index (χ3n) is 2.67. The minimum Gasteiger partial charge on any atom is -0.465 e. The Morgan fingerprint density at radius 3 is 2.90 bits per heavy atom. The van der Waals surface area contributed by atoms with E-state index >= 15 is 0 Å². The lowest BCUT2D eigenvalue weighted by molar-refractivity contribution is -0.141. The standard InChI is InChI=1S/C12H15N3O4S/c1-2-19-12(16)7-15-20(17,18)11-6-14-10-4-3-8(13)5-9(10)11/h3-6,14-15H,2,7,13H2,1H3. The van der Waals surface area contributed by atoms with Gasteiger partial charge in [-0.2, -0.15) is 4.72 Å². The fourth-order valence-electron chi connectivity index (χ4n) is 1.78. The summed E-state index contributed by atoms with van der Waals surface area (Å²) in [4.78, 5) is 14.1. The zero-order chi connectivity index (χ0) is 14.8. The molecule has 0 fully saturated rings. The lowest BCUT2D eigenvalue weighted by Crippen LogP contribution is -2.30. The molecule has 0 aliphatic rings. The zero-order valence-electron chi connectivity index (χ0n) is 10.8. The van der Waals surface area contributed by atoms with Crippen LogP contribution in [0.4, 0.5) is 5.69 Å². The quantitative estimate of drug-likeness (QED) is 0.552. The highest BCUT2D eigenvalue weighted by molar-refractivity contribution is 7.89. The number of rotatable bonds is 5. The Morgan fingerprint density at radius 2 is 2.20 bits per heavy atom. The molecule has 1 aromatic carbocycles. The van der Waals surface area contributed by atoms with Gasteiger partial charge in [0.1, 0.15) is 11.4 Å². The first-order valence-electron chi connectivity index (χ1n) is 5.96. The molecule has 0 aliphatic carbocycles. The van der Waals surface area contributed by atoms with Crippen molar-refractivity contribution in [3.8, 4) is 0 Å². The summed E-state index contributed by atoms with van der Waals surface area (Å²) in [5.41, 5.74) is 6.76. The van der Waals surface area contributed by atoms with Crippen LogP contribution in [0.1, 0.15) is 6.92 Å². The third-order valence-corrected chi connectivity index (χ3v) is 4.11. The molecule has 108 valence electrons. The molecular weight excluding hydrogens is 282 g/mol. The van der Waals surface area contributed by atoms with Gasteiger partial charge >= 0.3 is 5.97 Å². The second kappa shape index (κ2) is 5.51. The number of nitrogens with one attached hydrogen (secondary N) is 2. The number of esters is 1. The van der Waals surface area contributed by atoms with Crippen LogP contribution in [-0.4, -0.2) is 32.5 Å². The molecule has 1 heterocycles. The van der Waals surface area contributed by atoms with Gasteiger partial charge in [-0.1, -0.05) is 0 Å². The summed E-state index contributed by atoms with van der Waals surface area (Å²) in [6, 6.07) is 4.92. The second-order valence-electron chi connectivity index (χ2n) is 4.09. The van der Waals surface area contributed by atoms with Crippen LogP contribution in [0.3, 0.4) is 0 Å². The van der Waals surface area contributed by atoms with Crippen LogP contribution in [0.15, 0.2) is 29.3 Å². The second-order valence-corrected chi connectivity index (χ2v) is 5.82. The smallest absolute Gasteiger partial charge is 0.321 e. The molecule has 0 aliphatic heterocycles. The number of benzene rings is 1. The molecule has 0 bridgehead atoms. The summed E-state index contributed by atoms with van der Waals surface area (Å²) in [6.07, 6.45) is 1.36. The van der Waals surface area contributed by atoms with E-state index in [0.717, 1.165) is 0 Å². The van der Waals surface area contributed by atoms with Crippen molar-refractivity contribution in [3.63, 3.8) is 0 Å². The van der Waals surface area contributed by atoms with Crippen LogP contribution in [0.25, 0.3) is 10.9 Å². The highest BCUT2D eigenvalue weighted by Gasteiger charge is 2.20. The molecule has 4 N–H and O–H groups in total. The van der Waals surface area contributed by atoms with Crippen LogP contribution >= 0.6 is 0 Å². The molecule has 0 spiro atoms. The molecule has 8 heteroatoms. The van der Waals surface area contributed by atoms with E-state index in [-0.39, 0.29) is 11.5 Å². The van der Waals surface area contributed by atoms with Crippen molar-refractivity contribution in [1.82, 2.24) is 9.71 Å². The Balaban J connectivity index is 2.28. The van der Waals surface area contributed by atoms with Crippen LogP contribution < -0.4 is 10.5 Å². The van der Waals surface area contributed by atoms with Crippen molar-refractivity contribution in [3.05, 3.63) is 24.4 Å². The van der Waals surface area contributed by atoms with Crippen molar-refractivity contribution in [2.24, 2.45) is 0 Å². The number of anilines is 1. The average molecular weight is 297 g/mol. The van der Waals surface area contributed by atoms with Crippen molar-refractivity contribution >= 4 is 32.6 Å². The van der Waals surface area contributed by atoms with E-state index in [1.165, 1.54) is 6.20 Å². The largest absolute Gasteiger partial charge is 0.465 e. The Hall–Kier alpha value is -2.06. The number of hydrogen-bond donors (Lipinski definition) is 3. The monoisotopic (exact) mass is 297 g/mol. The topological polar surface area (TPSA) is 114 Å². The number of carbonyl (C=O) groups is 1. The van der Waals surface area contributed by atoms with E-state index < -0.39 is 22.5 Å². The number of nitrogens with two attached hydrogens (primary N) is 1. The maximum atomic E-state index is 12.1. The molecule has 0 amide bonds. The van der Waals surface area contributed by atoms with Gasteiger partial charge in [-0.25, -0.2) is 8.42 Å². The van der Waals surface area contributed by atoms with Gasteiger partial charge in [0.25, 0.3) is 0 Å². The first kappa shape index (κ1) is 14.4. The van der Waals surface area contributed by atoms with Gasteiger partial charge in [0.05, 0.1) is 6.61 Å². The van der Waals surface area contributed by atoms with Gasteiger partial charge in [0.2, 0.25) is 10.0 Å². The van der Waals surface area contributed by atoms with Gasteiger partial charge in [-0.15, -0.1) is 0 Å². The normalized spacial score (nSPS) is 11.7. The maximum absolute atomic E-state index is 12.1. The van der Waals surface area contributed by atoms with Crippen molar-refractivity contribution in [2.75, 3.05) is 18.9 Å². The van der Waals surface area contributed by atoms with Gasteiger partial charge in [0.15, 0.2) is 0 Å². The lowest BCUT2D eigenvalue weighted by Gasteiger charge is -2.05. The minimum atomic E-state index is -3.81. The summed E-state index contributed by atoms with van der Waals surface area (Å²) in [5.74, 6) is -0.629. The number of nitrogen functional groups attached to an aromatic ring is 1. The fraction of sp³-hybridized carbons (Fsp3) is 0.250. The molecule has 20 heavy (non-hydrogen) atoms. The highest BCUT2D eigenvalue weighted by Crippen LogP contribution is 2.24. The molecule has 0 saturated carbocycles. The molecule has 7 nitrogen and oxygen atoms in total. The van der Waals surface area contributed by atoms with Crippen LogP contribution in [-0.2, 0) is 19.6 Å². The Morgan fingerprint density at radius 1 is 1.45 bits per heavy atom. The van der Waals surface area contributed by atoms with Gasteiger partial charge in [-0.05, 0) is 25.1 Å². The molecule has 0 radical (unpaired) electrons. The summed E-state index contributed by atoms with van der Waals surface area (Å²) in [7, 11) is -3.81. The summed E-state index contributed by atoms with van der Waals surface area (Å²) in [5, 5.41) is 0.473. The van der Waals surface area contributed by atoms with E-state index in [4.69, 9.17) is 5.73 Å². The Labute approximate surface area is 116 Å². The summed E-state index contributed by atoms with van der Waals surface area (Å²) >= 11 is 0. The third kappa shape index (κ3) is 2.91. The molecule has 0 saturated heterocycles. The molecule has 1 aromatic heterocycles. The van der Waals surface area contributed by atoms with Crippen LogP contribution in [0, 0.1) is 0 Å². The molecule has 0 atom stereocenters. The first-order valence-corrected chi connectivity index (χ1v) is 7.44. The van der Waals surface area contributed by atoms with Crippen LogP contribution in [0.5, 0.6) is 0 Å². The minimum absolute atomic E-state index is 0.0455. The molecule has 2 rings (SSSR count). The Bertz CT molecular complexity index is 736. The van der Waals surface area contributed by atoms with E-state index in [1.807, 2.05) is 0 Å². The number of ether oxygens (including phenoxy) is 1. The highest BCUT2D eigenvalue weighted by atomic mass is 32.2. The first-order chi connectivity index (χ1) is 9.44. The molecule has 0 unspecified atom stereocenters. The van der Waals surface area contributed by atoms with Gasteiger partial charge < -0.3 is 15.5 Å². The predicted molar refractivity (Wildman–Crippen MR) is 74.5 cm³/mol. The number of carbonyl (C=O) groups excluding carboxylic acids is 1. The van der Waals surface area contributed by atoms with E-state index in [2.05, 4.69) is 14.4 Å². The van der Waals surface area contributed by atoms with Crippen LogP contribution in [0.2, 0.25) is 0 Å². The fourth-order valence-corrected chi connectivity index (χ4v) is 2.91. The van der Waals surface area contributed by atoms with Gasteiger partial charge in [-0.3, -0.25) is 4.79 Å². The Kier molecular flexibility index (Phi) is 3.96. The predicted octanol–water partition coefficient (Wildman–Crippen LogP) is 0.591. The molecule has 2 aromatic rings. The zero-order valence-corrected chi connectivity index (χ0v) is 11.7. The van der Waals surface area contributed by atoms with E-state index in [1.54, 1.807) is 25.1 Å². The number of sulfonamides is 1.